The Labute approximate surface area is 112 Å². The number of rotatable bonds is 4. The van der Waals surface area contributed by atoms with Crippen molar-refractivity contribution in [1.82, 2.24) is 0 Å². The Morgan fingerprint density at radius 3 is 2.22 bits per heavy atom. The van der Waals surface area contributed by atoms with Crippen molar-refractivity contribution in [2.75, 3.05) is 4.31 Å². The summed E-state index contributed by atoms with van der Waals surface area (Å²) in [6.45, 7) is 3.75. The van der Waals surface area contributed by atoms with Crippen LogP contribution in [0.2, 0.25) is 0 Å². The molecule has 0 atom stereocenters. The number of hydrogen-bond acceptors (Lipinski definition) is 3. The van der Waals surface area contributed by atoms with Crippen LogP contribution in [0.25, 0.3) is 0 Å². The Balaban J connectivity index is 2.51. The van der Waals surface area contributed by atoms with Crippen molar-refractivity contribution in [2.45, 2.75) is 24.1 Å². The maximum absolute atomic E-state index is 12.6. The van der Waals surface area contributed by atoms with Crippen LogP contribution in [0.1, 0.15) is 13.8 Å². The number of sulfonamides is 1. The Bertz CT molecular complexity index is 589. The summed E-state index contributed by atoms with van der Waals surface area (Å²) in [5.74, 6) is 0. The number of nitrogens with zero attached hydrogens (tertiary/aromatic N) is 1. The summed E-state index contributed by atoms with van der Waals surface area (Å²) < 4.78 is 27.0. The van der Waals surface area contributed by atoms with E-state index in [9.17, 15) is 8.42 Å². The zero-order chi connectivity index (χ0) is 13.2. The molecule has 0 aliphatic heterocycles. The lowest BCUT2D eigenvalue weighted by molar-refractivity contribution is 0.586. The summed E-state index contributed by atoms with van der Waals surface area (Å²) in [6, 6.07) is 12.4. The van der Waals surface area contributed by atoms with Crippen molar-refractivity contribution < 1.29 is 8.42 Å². The highest BCUT2D eigenvalue weighted by molar-refractivity contribution is 7.94. The lowest BCUT2D eigenvalue weighted by atomic mass is 10.3. The standard InChI is InChI=1S/C13H15NO2S2/c1-11(2)14(12-7-4-3-5-8-12)18(15,16)13-9-6-10-17-13/h3-11H,1-2H3. The lowest BCUT2D eigenvalue weighted by Crippen LogP contribution is -2.36. The van der Waals surface area contributed by atoms with E-state index in [4.69, 9.17) is 0 Å². The molecule has 0 aliphatic carbocycles. The van der Waals surface area contributed by atoms with E-state index in [1.54, 1.807) is 17.5 Å². The summed E-state index contributed by atoms with van der Waals surface area (Å²) in [4.78, 5) is 0. The van der Waals surface area contributed by atoms with E-state index in [1.807, 2.05) is 44.2 Å². The van der Waals surface area contributed by atoms with Crippen molar-refractivity contribution in [3.63, 3.8) is 0 Å². The molecular weight excluding hydrogens is 266 g/mol. The van der Waals surface area contributed by atoms with E-state index in [-0.39, 0.29) is 6.04 Å². The molecule has 0 bridgehead atoms. The molecule has 0 amide bonds. The Kier molecular flexibility index (Phi) is 3.73. The first-order valence-corrected chi connectivity index (χ1v) is 7.98. The highest BCUT2D eigenvalue weighted by Gasteiger charge is 2.27. The predicted molar refractivity (Wildman–Crippen MR) is 75.6 cm³/mol. The SMILES string of the molecule is CC(C)N(c1ccccc1)S(=O)(=O)c1cccs1. The van der Waals surface area contributed by atoms with Crippen LogP contribution in [0.4, 0.5) is 5.69 Å². The quantitative estimate of drug-likeness (QED) is 0.862. The van der Waals surface area contributed by atoms with Crippen molar-refractivity contribution in [2.24, 2.45) is 0 Å². The van der Waals surface area contributed by atoms with Crippen molar-refractivity contribution in [3.8, 4) is 0 Å². The van der Waals surface area contributed by atoms with Gasteiger partial charge in [-0.2, -0.15) is 0 Å². The Morgan fingerprint density at radius 1 is 1.06 bits per heavy atom. The van der Waals surface area contributed by atoms with Crippen LogP contribution < -0.4 is 4.31 Å². The number of anilines is 1. The van der Waals surface area contributed by atoms with Gasteiger partial charge in [0, 0.05) is 6.04 Å². The van der Waals surface area contributed by atoms with E-state index in [2.05, 4.69) is 0 Å². The summed E-state index contributed by atoms with van der Waals surface area (Å²) in [5.41, 5.74) is 0.695. The van der Waals surface area contributed by atoms with Crippen LogP contribution in [0.15, 0.2) is 52.1 Å². The Morgan fingerprint density at radius 2 is 1.72 bits per heavy atom. The highest BCUT2D eigenvalue weighted by atomic mass is 32.2. The molecule has 5 heteroatoms. The number of benzene rings is 1. The summed E-state index contributed by atoms with van der Waals surface area (Å²) in [5, 5.41) is 1.77. The first kappa shape index (κ1) is 13.1. The van der Waals surface area contributed by atoms with Crippen molar-refractivity contribution >= 4 is 27.0 Å². The monoisotopic (exact) mass is 281 g/mol. The molecule has 2 aromatic rings. The van der Waals surface area contributed by atoms with Gasteiger partial charge < -0.3 is 0 Å². The molecule has 18 heavy (non-hydrogen) atoms. The highest BCUT2D eigenvalue weighted by Crippen LogP contribution is 2.28. The lowest BCUT2D eigenvalue weighted by Gasteiger charge is -2.27. The molecular formula is C13H15NO2S2. The largest absolute Gasteiger partial charge is 0.274 e. The summed E-state index contributed by atoms with van der Waals surface area (Å²) in [6.07, 6.45) is 0. The van der Waals surface area contributed by atoms with E-state index in [0.29, 0.717) is 9.90 Å². The van der Waals surface area contributed by atoms with Gasteiger partial charge in [-0.1, -0.05) is 24.3 Å². The second-order valence-corrected chi connectivity index (χ2v) is 7.15. The molecule has 96 valence electrons. The third kappa shape index (κ3) is 2.42. The molecule has 0 fully saturated rings. The first-order chi connectivity index (χ1) is 8.53. The van der Waals surface area contributed by atoms with Gasteiger partial charge in [0.25, 0.3) is 10.0 Å². The molecule has 1 aromatic carbocycles. The van der Waals surface area contributed by atoms with Gasteiger partial charge in [-0.25, -0.2) is 8.42 Å². The van der Waals surface area contributed by atoms with Crippen LogP contribution in [0.5, 0.6) is 0 Å². The molecule has 0 saturated heterocycles. The van der Waals surface area contributed by atoms with Crippen LogP contribution in [-0.2, 0) is 10.0 Å². The predicted octanol–water partition coefficient (Wildman–Crippen LogP) is 3.35. The maximum Gasteiger partial charge on any atom is 0.274 e. The molecule has 2 rings (SSSR count). The first-order valence-electron chi connectivity index (χ1n) is 5.66. The third-order valence-corrected chi connectivity index (χ3v) is 5.87. The number of hydrogen-bond donors (Lipinski definition) is 0. The molecule has 1 heterocycles. The fourth-order valence-corrected chi connectivity index (χ4v) is 4.54. The van der Waals surface area contributed by atoms with Gasteiger partial charge in [-0.3, -0.25) is 4.31 Å². The van der Waals surface area contributed by atoms with Crippen LogP contribution >= 0.6 is 11.3 Å². The summed E-state index contributed by atoms with van der Waals surface area (Å²) >= 11 is 1.24. The van der Waals surface area contributed by atoms with Gasteiger partial charge >= 0.3 is 0 Å². The van der Waals surface area contributed by atoms with Crippen molar-refractivity contribution in [1.29, 1.82) is 0 Å². The molecule has 0 saturated carbocycles. The molecule has 0 N–H and O–H groups in total. The van der Waals surface area contributed by atoms with Gasteiger partial charge in [-0.05, 0) is 37.4 Å². The molecule has 0 spiro atoms. The fraction of sp³-hybridized carbons (Fsp3) is 0.231. The maximum atomic E-state index is 12.6. The molecule has 0 unspecified atom stereocenters. The Hall–Kier alpha value is -1.33. The normalized spacial score (nSPS) is 11.7. The van der Waals surface area contributed by atoms with Crippen molar-refractivity contribution in [3.05, 3.63) is 47.8 Å². The van der Waals surface area contributed by atoms with E-state index >= 15 is 0 Å². The molecule has 3 nitrogen and oxygen atoms in total. The zero-order valence-electron chi connectivity index (χ0n) is 10.3. The minimum Gasteiger partial charge on any atom is -0.263 e. The second-order valence-electron chi connectivity index (χ2n) is 4.16. The summed E-state index contributed by atoms with van der Waals surface area (Å²) in [7, 11) is -3.46. The average Bonchev–Trinajstić information content (AvgIpc) is 2.83. The molecule has 0 radical (unpaired) electrons. The molecule has 1 aromatic heterocycles. The zero-order valence-corrected chi connectivity index (χ0v) is 11.9. The minimum absolute atomic E-state index is 0.125. The second kappa shape index (κ2) is 5.12. The van der Waals surface area contributed by atoms with Crippen LogP contribution in [-0.4, -0.2) is 14.5 Å². The van der Waals surface area contributed by atoms with Gasteiger partial charge in [0.1, 0.15) is 4.21 Å². The minimum atomic E-state index is -3.46. The fourth-order valence-electron chi connectivity index (χ4n) is 1.80. The van der Waals surface area contributed by atoms with E-state index in [1.165, 1.54) is 15.6 Å². The van der Waals surface area contributed by atoms with E-state index < -0.39 is 10.0 Å². The smallest absolute Gasteiger partial charge is 0.263 e. The third-order valence-electron chi connectivity index (χ3n) is 2.49. The van der Waals surface area contributed by atoms with Gasteiger partial charge in [0.15, 0.2) is 0 Å². The molecule has 0 aliphatic rings. The van der Waals surface area contributed by atoms with Gasteiger partial charge in [0.2, 0.25) is 0 Å². The van der Waals surface area contributed by atoms with Gasteiger partial charge in [-0.15, -0.1) is 11.3 Å². The topological polar surface area (TPSA) is 37.4 Å². The van der Waals surface area contributed by atoms with E-state index in [0.717, 1.165) is 0 Å². The number of thiophene rings is 1. The average molecular weight is 281 g/mol. The van der Waals surface area contributed by atoms with Crippen LogP contribution in [0, 0.1) is 0 Å². The number of para-hydroxylation sites is 1. The van der Waals surface area contributed by atoms with Crippen LogP contribution in [0.3, 0.4) is 0 Å². The van der Waals surface area contributed by atoms with Gasteiger partial charge in [0.05, 0.1) is 5.69 Å².